The Labute approximate surface area is 150 Å². The minimum atomic E-state index is -3.47. The summed E-state index contributed by atoms with van der Waals surface area (Å²) in [5, 5.41) is 3.59. The molecule has 0 spiro atoms. The number of hydrogen-bond donors (Lipinski definition) is 1. The summed E-state index contributed by atoms with van der Waals surface area (Å²) < 4.78 is 28.7. The molecule has 1 aromatic heterocycles. The Hall–Kier alpha value is -0.670. The molecule has 2 saturated heterocycles. The van der Waals surface area contributed by atoms with E-state index in [0.29, 0.717) is 24.3 Å². The number of rotatable bonds is 4. The molecule has 2 aliphatic heterocycles. The average molecular weight is 378 g/mol. The topological polar surface area (TPSA) is 70.5 Å². The van der Waals surface area contributed by atoms with Gasteiger partial charge in [0, 0.05) is 52.5 Å². The average Bonchev–Trinajstić information content (AvgIpc) is 3.07. The fraction of sp³-hybridized carbons (Fsp3) is 0.800. The fourth-order valence-electron chi connectivity index (χ4n) is 3.45. The number of nitrogens with zero attached hydrogens (tertiary/aromatic N) is 4. The van der Waals surface area contributed by atoms with Gasteiger partial charge in [0.1, 0.15) is 5.82 Å². The Morgan fingerprint density at radius 2 is 1.96 bits per heavy atom. The van der Waals surface area contributed by atoms with Crippen molar-refractivity contribution in [3.63, 3.8) is 0 Å². The van der Waals surface area contributed by atoms with Crippen LogP contribution in [0.4, 0.5) is 0 Å². The highest BCUT2D eigenvalue weighted by molar-refractivity contribution is 7.89. The van der Waals surface area contributed by atoms with Crippen LogP contribution in [0.5, 0.6) is 0 Å². The summed E-state index contributed by atoms with van der Waals surface area (Å²) >= 11 is 0. The molecule has 3 heterocycles. The molecule has 1 unspecified atom stereocenters. The molecule has 0 aliphatic carbocycles. The molecule has 2 fully saturated rings. The normalized spacial score (nSPS) is 26.5. The molecule has 9 heteroatoms. The third-order valence-electron chi connectivity index (χ3n) is 5.08. The maximum absolute atomic E-state index is 12.7. The first-order chi connectivity index (χ1) is 10.8. The Morgan fingerprint density at radius 3 is 2.46 bits per heavy atom. The summed E-state index contributed by atoms with van der Waals surface area (Å²) in [6.45, 7) is 9.98. The van der Waals surface area contributed by atoms with Gasteiger partial charge in [-0.25, -0.2) is 13.4 Å². The summed E-state index contributed by atoms with van der Waals surface area (Å²) in [5.74, 6) is 0.712. The van der Waals surface area contributed by atoms with E-state index in [4.69, 9.17) is 0 Å². The smallest absolute Gasteiger partial charge is 0.262 e. The summed E-state index contributed by atoms with van der Waals surface area (Å²) in [7, 11) is -1.65. The summed E-state index contributed by atoms with van der Waals surface area (Å²) in [4.78, 5) is 6.57. The Bertz CT molecular complexity index is 642. The Kier molecular flexibility index (Phi) is 5.97. The van der Waals surface area contributed by atoms with Crippen molar-refractivity contribution in [2.75, 3.05) is 45.8 Å². The number of hydrogen-bond acceptors (Lipinski definition) is 5. The molecule has 3 rings (SSSR count). The second kappa shape index (κ2) is 7.29. The summed E-state index contributed by atoms with van der Waals surface area (Å²) in [6, 6.07) is 0. The zero-order valence-electron chi connectivity index (χ0n) is 14.7. The zero-order chi connectivity index (χ0) is 16.7. The van der Waals surface area contributed by atoms with Gasteiger partial charge >= 0.3 is 0 Å². The van der Waals surface area contributed by atoms with Gasteiger partial charge in [0.25, 0.3) is 10.0 Å². The fourth-order valence-corrected chi connectivity index (χ4v) is 4.90. The molecule has 0 aromatic carbocycles. The molecule has 0 radical (unpaired) electrons. The molecule has 24 heavy (non-hydrogen) atoms. The van der Waals surface area contributed by atoms with Crippen LogP contribution < -0.4 is 5.32 Å². The first kappa shape index (κ1) is 19.7. The van der Waals surface area contributed by atoms with Crippen LogP contribution in [-0.4, -0.2) is 73.0 Å². The minimum absolute atomic E-state index is 0. The molecular weight excluding hydrogens is 350 g/mol. The SMILES string of the molecule is Cc1nc(S(=O)(=O)N2CCN(CC3(C)CCNC3)CC2)cn1C.Cl. The molecule has 1 aromatic rings. The van der Waals surface area contributed by atoms with Crippen molar-refractivity contribution in [3.05, 3.63) is 12.0 Å². The van der Waals surface area contributed by atoms with E-state index in [1.54, 1.807) is 15.1 Å². The summed E-state index contributed by atoms with van der Waals surface area (Å²) in [5.41, 5.74) is 0.319. The largest absolute Gasteiger partial charge is 0.337 e. The number of halogens is 1. The van der Waals surface area contributed by atoms with E-state index < -0.39 is 10.0 Å². The lowest BCUT2D eigenvalue weighted by atomic mass is 9.89. The lowest BCUT2D eigenvalue weighted by Crippen LogP contribution is -2.51. The van der Waals surface area contributed by atoms with Crippen LogP contribution in [0.15, 0.2) is 11.2 Å². The van der Waals surface area contributed by atoms with Gasteiger partial charge in [-0.15, -0.1) is 12.4 Å². The molecule has 1 N–H and O–H groups in total. The second-order valence-electron chi connectivity index (χ2n) is 7.15. The lowest BCUT2D eigenvalue weighted by molar-refractivity contribution is 0.132. The van der Waals surface area contributed by atoms with E-state index in [0.717, 1.165) is 32.7 Å². The van der Waals surface area contributed by atoms with Crippen molar-refractivity contribution < 1.29 is 8.42 Å². The van der Waals surface area contributed by atoms with E-state index in [-0.39, 0.29) is 17.4 Å². The number of piperazine rings is 1. The van der Waals surface area contributed by atoms with Gasteiger partial charge < -0.3 is 14.8 Å². The quantitative estimate of drug-likeness (QED) is 0.825. The Morgan fingerprint density at radius 1 is 1.29 bits per heavy atom. The van der Waals surface area contributed by atoms with Crippen LogP contribution in [0, 0.1) is 12.3 Å². The van der Waals surface area contributed by atoms with Crippen LogP contribution in [0.1, 0.15) is 19.2 Å². The van der Waals surface area contributed by atoms with E-state index in [9.17, 15) is 8.42 Å². The predicted octanol–water partition coefficient (Wildman–Crippen LogP) is 0.456. The third kappa shape index (κ3) is 3.94. The molecule has 7 nitrogen and oxygen atoms in total. The van der Waals surface area contributed by atoms with Crippen molar-refractivity contribution in [1.82, 2.24) is 24.1 Å². The highest BCUT2D eigenvalue weighted by atomic mass is 35.5. The maximum Gasteiger partial charge on any atom is 0.262 e. The van der Waals surface area contributed by atoms with Gasteiger partial charge in [-0.2, -0.15) is 4.31 Å². The molecular formula is C15H28ClN5O2S. The van der Waals surface area contributed by atoms with Gasteiger partial charge in [-0.3, -0.25) is 0 Å². The number of aromatic nitrogens is 2. The van der Waals surface area contributed by atoms with Crippen molar-refractivity contribution in [1.29, 1.82) is 0 Å². The van der Waals surface area contributed by atoms with E-state index in [1.165, 1.54) is 6.42 Å². The van der Waals surface area contributed by atoms with Gasteiger partial charge in [0.2, 0.25) is 0 Å². The van der Waals surface area contributed by atoms with Crippen LogP contribution in [0.2, 0.25) is 0 Å². The monoisotopic (exact) mass is 377 g/mol. The van der Waals surface area contributed by atoms with Crippen LogP contribution in [0.25, 0.3) is 0 Å². The molecule has 2 aliphatic rings. The minimum Gasteiger partial charge on any atom is -0.337 e. The molecule has 0 bridgehead atoms. The van der Waals surface area contributed by atoms with E-state index in [2.05, 4.69) is 22.1 Å². The van der Waals surface area contributed by atoms with Gasteiger partial charge in [0.05, 0.1) is 0 Å². The first-order valence-corrected chi connectivity index (χ1v) is 9.67. The van der Waals surface area contributed by atoms with Crippen molar-refractivity contribution in [3.8, 4) is 0 Å². The maximum atomic E-state index is 12.7. The first-order valence-electron chi connectivity index (χ1n) is 8.23. The number of sulfonamides is 1. The van der Waals surface area contributed by atoms with Gasteiger partial charge in [-0.05, 0) is 25.3 Å². The third-order valence-corrected chi connectivity index (χ3v) is 6.85. The molecule has 0 saturated carbocycles. The van der Waals surface area contributed by atoms with Crippen LogP contribution in [-0.2, 0) is 17.1 Å². The number of nitrogens with one attached hydrogen (secondary N) is 1. The zero-order valence-corrected chi connectivity index (χ0v) is 16.3. The van der Waals surface area contributed by atoms with Crippen molar-refractivity contribution in [2.45, 2.75) is 25.3 Å². The standard InChI is InChI=1S/C15H27N5O2S.ClH/c1-13-17-14(10-18(13)3)23(21,22)20-8-6-19(7-9-20)12-15(2)4-5-16-11-15;/h10,16H,4-9,11-12H2,1-3H3;1H. The highest BCUT2D eigenvalue weighted by Gasteiger charge is 2.34. The Balaban J connectivity index is 0.00000208. The van der Waals surface area contributed by atoms with E-state index in [1.807, 2.05) is 14.0 Å². The highest BCUT2D eigenvalue weighted by Crippen LogP contribution is 2.26. The summed E-state index contributed by atoms with van der Waals surface area (Å²) in [6.07, 6.45) is 2.79. The van der Waals surface area contributed by atoms with Crippen molar-refractivity contribution >= 4 is 22.4 Å². The van der Waals surface area contributed by atoms with Crippen LogP contribution in [0.3, 0.4) is 0 Å². The molecule has 138 valence electrons. The van der Waals surface area contributed by atoms with Gasteiger partial charge in [-0.1, -0.05) is 6.92 Å². The molecule has 1 atom stereocenters. The number of aryl methyl sites for hydroxylation is 2. The molecule has 0 amide bonds. The van der Waals surface area contributed by atoms with Crippen LogP contribution >= 0.6 is 12.4 Å². The van der Waals surface area contributed by atoms with Gasteiger partial charge in [0.15, 0.2) is 5.03 Å². The second-order valence-corrected chi connectivity index (χ2v) is 9.04. The lowest BCUT2D eigenvalue weighted by Gasteiger charge is -2.37. The van der Waals surface area contributed by atoms with Crippen molar-refractivity contribution in [2.24, 2.45) is 12.5 Å². The van der Waals surface area contributed by atoms with E-state index >= 15 is 0 Å². The number of imidazole rings is 1. The predicted molar refractivity (Wildman–Crippen MR) is 96.0 cm³/mol.